The lowest BCUT2D eigenvalue weighted by Crippen LogP contribution is -2.06. The minimum atomic E-state index is -0.882. The number of halogens is 1. The lowest BCUT2D eigenvalue weighted by Gasteiger charge is -1.98. The van der Waals surface area contributed by atoms with Crippen LogP contribution in [0, 0.1) is 5.92 Å². The van der Waals surface area contributed by atoms with Crippen molar-refractivity contribution >= 4 is 23.6 Å². The predicted octanol–water partition coefficient (Wildman–Crippen LogP) is 3.96. The molecule has 0 saturated carbocycles. The highest BCUT2D eigenvalue weighted by Crippen LogP contribution is 2.06. The highest BCUT2D eigenvalue weighted by atomic mass is 35.5. The molecule has 0 aliphatic rings. The monoisotopic (exact) mass is 250 g/mol. The Labute approximate surface area is 107 Å². The van der Waals surface area contributed by atoms with Crippen LogP contribution in [-0.4, -0.2) is 11.1 Å². The van der Waals surface area contributed by atoms with Gasteiger partial charge in [0.1, 0.15) is 0 Å². The second-order valence-corrected chi connectivity index (χ2v) is 3.33. The Morgan fingerprint density at radius 3 is 2.24 bits per heavy atom. The summed E-state index contributed by atoms with van der Waals surface area (Å²) in [5, 5.41) is 8.73. The van der Waals surface area contributed by atoms with Crippen LogP contribution in [0.15, 0.2) is 61.2 Å². The summed E-state index contributed by atoms with van der Waals surface area (Å²) in [7, 11) is 0. The van der Waals surface area contributed by atoms with E-state index in [1.807, 2.05) is 30.3 Å². The van der Waals surface area contributed by atoms with Crippen LogP contribution in [0.3, 0.4) is 0 Å². The zero-order chi connectivity index (χ0) is 13.1. The molecular weight excluding hydrogens is 236 g/mol. The fourth-order valence-electron chi connectivity index (χ4n) is 1.04. The third-order valence-corrected chi connectivity index (χ3v) is 1.83. The second kappa shape index (κ2) is 9.43. The van der Waals surface area contributed by atoms with E-state index in [0.717, 1.165) is 5.56 Å². The summed E-state index contributed by atoms with van der Waals surface area (Å²) >= 11 is 4.76. The SMILES string of the molecule is C=CC(C=Cc1ccccc1)C(=O)O.C=CCl. The third kappa shape index (κ3) is 7.14. The minimum Gasteiger partial charge on any atom is -0.481 e. The van der Waals surface area contributed by atoms with Crippen molar-refractivity contribution in [2.45, 2.75) is 0 Å². The van der Waals surface area contributed by atoms with Crippen molar-refractivity contribution in [3.8, 4) is 0 Å². The van der Waals surface area contributed by atoms with Gasteiger partial charge in [0.15, 0.2) is 0 Å². The Morgan fingerprint density at radius 1 is 1.29 bits per heavy atom. The van der Waals surface area contributed by atoms with E-state index in [9.17, 15) is 4.79 Å². The molecule has 1 N–H and O–H groups in total. The minimum absolute atomic E-state index is 0.616. The molecule has 0 aliphatic heterocycles. The van der Waals surface area contributed by atoms with Gasteiger partial charge in [-0.15, -0.1) is 6.58 Å². The van der Waals surface area contributed by atoms with Crippen molar-refractivity contribution in [2.24, 2.45) is 5.92 Å². The molecule has 1 rings (SSSR count). The topological polar surface area (TPSA) is 37.3 Å². The van der Waals surface area contributed by atoms with Crippen molar-refractivity contribution in [2.75, 3.05) is 0 Å². The highest BCUT2D eigenvalue weighted by molar-refractivity contribution is 6.25. The molecule has 2 nitrogen and oxygen atoms in total. The Bertz CT molecular complexity index is 382. The third-order valence-electron chi connectivity index (χ3n) is 1.83. The average Bonchev–Trinajstić information content (AvgIpc) is 2.32. The van der Waals surface area contributed by atoms with Crippen molar-refractivity contribution in [3.05, 3.63) is 66.7 Å². The van der Waals surface area contributed by atoms with Crippen molar-refractivity contribution in [3.63, 3.8) is 0 Å². The Balaban J connectivity index is 0.000000770. The van der Waals surface area contributed by atoms with Crippen LogP contribution in [0.5, 0.6) is 0 Å². The van der Waals surface area contributed by atoms with Crippen LogP contribution in [0.1, 0.15) is 5.56 Å². The van der Waals surface area contributed by atoms with Gasteiger partial charge in [-0.2, -0.15) is 0 Å². The quantitative estimate of drug-likeness (QED) is 0.822. The predicted molar refractivity (Wildman–Crippen MR) is 72.8 cm³/mol. The molecule has 1 unspecified atom stereocenters. The summed E-state index contributed by atoms with van der Waals surface area (Å²) in [5.41, 5.74) is 2.21. The van der Waals surface area contributed by atoms with Gasteiger partial charge < -0.3 is 5.11 Å². The average molecular weight is 251 g/mol. The van der Waals surface area contributed by atoms with Gasteiger partial charge in [0, 0.05) is 0 Å². The second-order valence-electron chi connectivity index (χ2n) is 3.02. The molecule has 0 bridgehead atoms. The molecule has 90 valence electrons. The molecular formula is C14H15ClO2. The van der Waals surface area contributed by atoms with E-state index in [1.165, 1.54) is 11.6 Å². The van der Waals surface area contributed by atoms with E-state index >= 15 is 0 Å². The van der Waals surface area contributed by atoms with Gasteiger partial charge in [-0.3, -0.25) is 4.79 Å². The lowest BCUT2D eigenvalue weighted by atomic mass is 10.1. The zero-order valence-electron chi connectivity index (χ0n) is 9.42. The van der Waals surface area contributed by atoms with Crippen molar-refractivity contribution in [1.82, 2.24) is 0 Å². The molecule has 1 aromatic carbocycles. The standard InChI is InChI=1S/C12H12O2.C2H3Cl/c1-2-11(12(13)14)9-8-10-6-4-3-5-7-10;1-2-3/h2-9,11H,1H2,(H,13,14);2H,1H2. The van der Waals surface area contributed by atoms with Gasteiger partial charge in [0.2, 0.25) is 0 Å². The van der Waals surface area contributed by atoms with Crippen LogP contribution in [0.2, 0.25) is 0 Å². The van der Waals surface area contributed by atoms with Crippen molar-refractivity contribution < 1.29 is 9.90 Å². The first-order chi connectivity index (χ1) is 8.15. The van der Waals surface area contributed by atoms with Gasteiger partial charge in [-0.05, 0) is 11.1 Å². The Kier molecular flexibility index (Phi) is 8.43. The molecule has 0 spiro atoms. The van der Waals surface area contributed by atoms with Gasteiger partial charge in [0.05, 0.1) is 5.92 Å². The summed E-state index contributed by atoms with van der Waals surface area (Å²) in [4.78, 5) is 10.6. The summed E-state index contributed by atoms with van der Waals surface area (Å²) < 4.78 is 0. The Morgan fingerprint density at radius 2 is 1.82 bits per heavy atom. The number of aliphatic carboxylic acids is 1. The number of hydrogen-bond donors (Lipinski definition) is 1. The van der Waals surface area contributed by atoms with Crippen LogP contribution in [0.4, 0.5) is 0 Å². The van der Waals surface area contributed by atoms with Crippen molar-refractivity contribution in [1.29, 1.82) is 0 Å². The maximum atomic E-state index is 10.6. The number of carboxylic acid groups (broad SMARTS) is 1. The smallest absolute Gasteiger partial charge is 0.314 e. The van der Waals surface area contributed by atoms with E-state index in [2.05, 4.69) is 13.2 Å². The first-order valence-corrected chi connectivity index (χ1v) is 5.39. The fourth-order valence-corrected chi connectivity index (χ4v) is 1.04. The first-order valence-electron chi connectivity index (χ1n) is 4.95. The molecule has 17 heavy (non-hydrogen) atoms. The molecule has 3 heteroatoms. The number of carbonyl (C=O) groups is 1. The van der Waals surface area contributed by atoms with Crippen LogP contribution in [-0.2, 0) is 4.79 Å². The van der Waals surface area contributed by atoms with Gasteiger partial charge >= 0.3 is 5.97 Å². The highest BCUT2D eigenvalue weighted by Gasteiger charge is 2.07. The molecule has 0 aromatic heterocycles. The molecule has 0 amide bonds. The number of hydrogen-bond acceptors (Lipinski definition) is 1. The largest absolute Gasteiger partial charge is 0.481 e. The lowest BCUT2D eigenvalue weighted by molar-refractivity contribution is -0.138. The van der Waals surface area contributed by atoms with E-state index in [4.69, 9.17) is 16.7 Å². The van der Waals surface area contributed by atoms with E-state index < -0.39 is 11.9 Å². The molecule has 1 aromatic rings. The van der Waals surface area contributed by atoms with Crippen LogP contribution < -0.4 is 0 Å². The first kappa shape index (κ1) is 15.2. The maximum absolute atomic E-state index is 10.6. The summed E-state index contributed by atoms with van der Waals surface area (Å²) in [5.74, 6) is -1.50. The Hall–Kier alpha value is -1.80. The summed E-state index contributed by atoms with van der Waals surface area (Å²) in [6.45, 7) is 6.59. The number of rotatable bonds is 4. The van der Waals surface area contributed by atoms with Gasteiger partial charge in [-0.25, -0.2) is 0 Å². The summed E-state index contributed by atoms with van der Waals surface area (Å²) in [6.07, 6.45) is 4.80. The van der Waals surface area contributed by atoms with Crippen LogP contribution in [0.25, 0.3) is 6.08 Å². The normalized spacial score (nSPS) is 11.1. The fraction of sp³-hybridized carbons (Fsp3) is 0.0714. The molecule has 1 atom stereocenters. The zero-order valence-corrected chi connectivity index (χ0v) is 10.2. The van der Waals surface area contributed by atoms with E-state index in [-0.39, 0.29) is 0 Å². The molecule has 0 aliphatic carbocycles. The molecule has 0 radical (unpaired) electrons. The van der Waals surface area contributed by atoms with Crippen LogP contribution >= 0.6 is 11.6 Å². The maximum Gasteiger partial charge on any atom is 0.314 e. The van der Waals surface area contributed by atoms with Gasteiger partial charge in [-0.1, -0.05) is 66.7 Å². The van der Waals surface area contributed by atoms with E-state index in [1.54, 1.807) is 12.2 Å². The number of carboxylic acids is 1. The van der Waals surface area contributed by atoms with E-state index in [0.29, 0.717) is 0 Å². The molecule has 0 saturated heterocycles. The molecule has 0 fully saturated rings. The summed E-state index contributed by atoms with van der Waals surface area (Å²) in [6, 6.07) is 9.56. The molecule has 0 heterocycles. The van der Waals surface area contributed by atoms with Gasteiger partial charge in [0.25, 0.3) is 0 Å². The number of benzene rings is 1.